The van der Waals surface area contributed by atoms with Gasteiger partial charge in [-0.15, -0.1) is 0 Å². The SMILES string of the molecule is CCC(C)Oc1ccc(C)cc1S(=O)(=O)NC(=O)c1cc2c(F)cc(N3CCC3)cc2o1. The number of carbonyl (C=O) groups excluding carboxylic acids is 1. The minimum absolute atomic E-state index is 0.119. The van der Waals surface area contributed by atoms with Gasteiger partial charge in [0.1, 0.15) is 22.0 Å². The Bertz CT molecular complexity index is 1280. The molecule has 1 unspecified atom stereocenters. The number of fused-ring (bicyclic) bond motifs is 1. The van der Waals surface area contributed by atoms with E-state index in [1.165, 1.54) is 18.2 Å². The summed E-state index contributed by atoms with van der Waals surface area (Å²) in [5.41, 5.74) is 1.55. The maximum atomic E-state index is 14.5. The summed E-state index contributed by atoms with van der Waals surface area (Å²) in [4.78, 5) is 14.6. The normalized spacial score (nSPS) is 14.8. The molecule has 1 aliphatic rings. The van der Waals surface area contributed by atoms with E-state index < -0.39 is 21.7 Å². The lowest BCUT2D eigenvalue weighted by Gasteiger charge is -2.33. The molecule has 1 aromatic heterocycles. The summed E-state index contributed by atoms with van der Waals surface area (Å²) in [5, 5.41) is 0.119. The Balaban J connectivity index is 1.63. The molecule has 0 aliphatic carbocycles. The van der Waals surface area contributed by atoms with Crippen LogP contribution < -0.4 is 14.4 Å². The van der Waals surface area contributed by atoms with Crippen LogP contribution in [-0.4, -0.2) is 33.5 Å². The number of amides is 1. The van der Waals surface area contributed by atoms with Gasteiger partial charge in [0.25, 0.3) is 10.0 Å². The molecule has 170 valence electrons. The number of ether oxygens (including phenoxy) is 1. The number of nitrogens with one attached hydrogen (secondary N) is 1. The number of nitrogens with zero attached hydrogens (tertiary/aromatic N) is 1. The second-order valence-corrected chi connectivity index (χ2v) is 9.66. The smallest absolute Gasteiger partial charge is 0.300 e. The van der Waals surface area contributed by atoms with Crippen LogP contribution >= 0.6 is 0 Å². The van der Waals surface area contributed by atoms with Crippen LogP contribution in [0, 0.1) is 12.7 Å². The number of hydrogen-bond acceptors (Lipinski definition) is 6. The van der Waals surface area contributed by atoms with E-state index in [1.807, 2.05) is 23.5 Å². The van der Waals surface area contributed by atoms with Crippen molar-refractivity contribution in [2.24, 2.45) is 0 Å². The number of benzene rings is 2. The molecule has 1 saturated heterocycles. The Labute approximate surface area is 186 Å². The predicted molar refractivity (Wildman–Crippen MR) is 119 cm³/mol. The van der Waals surface area contributed by atoms with Crippen LogP contribution in [-0.2, 0) is 10.0 Å². The van der Waals surface area contributed by atoms with Gasteiger partial charge in [-0.1, -0.05) is 13.0 Å². The molecule has 9 heteroatoms. The molecule has 0 saturated carbocycles. The van der Waals surface area contributed by atoms with Crippen molar-refractivity contribution < 1.29 is 26.8 Å². The van der Waals surface area contributed by atoms with E-state index in [1.54, 1.807) is 25.1 Å². The molecule has 7 nitrogen and oxygen atoms in total. The van der Waals surface area contributed by atoms with Crippen molar-refractivity contribution in [1.29, 1.82) is 0 Å². The zero-order valence-corrected chi connectivity index (χ0v) is 19.0. The van der Waals surface area contributed by atoms with Crippen LogP contribution in [0.1, 0.15) is 42.8 Å². The van der Waals surface area contributed by atoms with Crippen LogP contribution in [0.4, 0.5) is 10.1 Å². The van der Waals surface area contributed by atoms with Crippen molar-refractivity contribution in [3.8, 4) is 5.75 Å². The molecule has 0 spiro atoms. The quantitative estimate of drug-likeness (QED) is 0.563. The number of aryl methyl sites for hydroxylation is 1. The summed E-state index contributed by atoms with van der Waals surface area (Å²) in [7, 11) is -4.27. The van der Waals surface area contributed by atoms with E-state index in [4.69, 9.17) is 9.15 Å². The lowest BCUT2D eigenvalue weighted by Crippen LogP contribution is -2.36. The molecule has 1 amide bonds. The first kappa shape index (κ1) is 22.1. The molecule has 1 N–H and O–H groups in total. The monoisotopic (exact) mass is 460 g/mol. The third kappa shape index (κ3) is 4.29. The number of hydrogen-bond donors (Lipinski definition) is 1. The van der Waals surface area contributed by atoms with Gasteiger partial charge in [-0.25, -0.2) is 17.5 Å². The fraction of sp³-hybridized carbons (Fsp3) is 0.348. The highest BCUT2D eigenvalue weighted by Gasteiger charge is 2.26. The minimum Gasteiger partial charge on any atom is -0.489 e. The van der Waals surface area contributed by atoms with Crippen molar-refractivity contribution >= 4 is 32.6 Å². The summed E-state index contributed by atoms with van der Waals surface area (Å²) in [6.07, 6.45) is 1.51. The topological polar surface area (TPSA) is 88.8 Å². The zero-order chi connectivity index (χ0) is 23.0. The molecular weight excluding hydrogens is 435 g/mol. The lowest BCUT2D eigenvalue weighted by atomic mass is 10.1. The lowest BCUT2D eigenvalue weighted by molar-refractivity contribution is 0.0956. The highest BCUT2D eigenvalue weighted by molar-refractivity contribution is 7.90. The van der Waals surface area contributed by atoms with Gasteiger partial charge in [0, 0.05) is 30.9 Å². The summed E-state index contributed by atoms with van der Waals surface area (Å²) in [6, 6.07) is 8.99. The molecule has 4 rings (SSSR count). The minimum atomic E-state index is -4.27. The highest BCUT2D eigenvalue weighted by atomic mass is 32.2. The number of halogens is 1. The molecule has 0 bridgehead atoms. The first-order chi connectivity index (χ1) is 15.2. The molecule has 32 heavy (non-hydrogen) atoms. The van der Waals surface area contributed by atoms with Gasteiger partial charge in [0.2, 0.25) is 0 Å². The van der Waals surface area contributed by atoms with E-state index in [9.17, 15) is 17.6 Å². The van der Waals surface area contributed by atoms with E-state index in [0.717, 1.165) is 19.5 Å². The van der Waals surface area contributed by atoms with E-state index in [2.05, 4.69) is 0 Å². The van der Waals surface area contributed by atoms with Crippen LogP contribution in [0.25, 0.3) is 11.0 Å². The van der Waals surface area contributed by atoms with Crippen LogP contribution in [0.3, 0.4) is 0 Å². The van der Waals surface area contributed by atoms with Crippen molar-refractivity contribution in [3.05, 3.63) is 53.5 Å². The van der Waals surface area contributed by atoms with Gasteiger partial charge in [-0.05, 0) is 50.5 Å². The predicted octanol–water partition coefficient (Wildman–Crippen LogP) is 4.39. The molecule has 1 atom stereocenters. The first-order valence-corrected chi connectivity index (χ1v) is 12.0. The van der Waals surface area contributed by atoms with Crippen LogP contribution in [0.2, 0.25) is 0 Å². The summed E-state index contributed by atoms with van der Waals surface area (Å²) in [5.74, 6) is -1.65. The number of anilines is 1. The Morgan fingerprint density at radius 2 is 2.00 bits per heavy atom. The number of rotatable bonds is 7. The third-order valence-corrected chi connectivity index (χ3v) is 6.89. The summed E-state index contributed by atoms with van der Waals surface area (Å²) >= 11 is 0. The zero-order valence-electron chi connectivity index (χ0n) is 18.1. The molecule has 0 radical (unpaired) electrons. The molecule has 1 aliphatic heterocycles. The Morgan fingerprint density at radius 1 is 1.25 bits per heavy atom. The molecule has 2 heterocycles. The van der Waals surface area contributed by atoms with E-state index >= 15 is 0 Å². The van der Waals surface area contributed by atoms with Gasteiger partial charge in [-0.2, -0.15) is 0 Å². The first-order valence-electron chi connectivity index (χ1n) is 10.5. The summed E-state index contributed by atoms with van der Waals surface area (Å²) in [6.45, 7) is 7.14. The van der Waals surface area contributed by atoms with E-state index in [0.29, 0.717) is 17.7 Å². The standard InChI is InChI=1S/C23H25FN2O5S/c1-4-15(3)30-19-7-6-14(2)10-22(19)32(28,29)25-23(27)21-13-17-18(24)11-16(12-20(17)31-21)26-8-5-9-26/h6-7,10-13,15H,4-5,8-9H2,1-3H3,(H,25,27). The third-order valence-electron chi connectivity index (χ3n) is 5.54. The molecule has 3 aromatic rings. The van der Waals surface area contributed by atoms with Gasteiger partial charge in [0.05, 0.1) is 11.5 Å². The Morgan fingerprint density at radius 3 is 2.66 bits per heavy atom. The van der Waals surface area contributed by atoms with Gasteiger partial charge in [-0.3, -0.25) is 4.79 Å². The number of carbonyl (C=O) groups is 1. The largest absolute Gasteiger partial charge is 0.489 e. The number of sulfonamides is 1. The van der Waals surface area contributed by atoms with Crippen molar-refractivity contribution in [3.63, 3.8) is 0 Å². The van der Waals surface area contributed by atoms with Gasteiger partial charge in [0.15, 0.2) is 5.76 Å². The van der Waals surface area contributed by atoms with Gasteiger partial charge < -0.3 is 14.1 Å². The molecule has 1 fully saturated rings. The van der Waals surface area contributed by atoms with Crippen molar-refractivity contribution in [1.82, 2.24) is 4.72 Å². The fourth-order valence-electron chi connectivity index (χ4n) is 3.40. The van der Waals surface area contributed by atoms with Crippen LogP contribution in [0.5, 0.6) is 5.75 Å². The number of furan rings is 1. The average molecular weight is 461 g/mol. The second-order valence-electron chi connectivity index (χ2n) is 8.01. The Kier molecular flexibility index (Phi) is 5.85. The van der Waals surface area contributed by atoms with Crippen LogP contribution in [0.15, 0.2) is 45.7 Å². The fourth-order valence-corrected chi connectivity index (χ4v) is 4.58. The Hall–Kier alpha value is -3.07. The highest BCUT2D eigenvalue weighted by Crippen LogP contribution is 2.31. The van der Waals surface area contributed by atoms with Gasteiger partial charge >= 0.3 is 5.91 Å². The molecule has 2 aromatic carbocycles. The maximum absolute atomic E-state index is 14.5. The van der Waals surface area contributed by atoms with E-state index in [-0.39, 0.29) is 33.5 Å². The molecular formula is C23H25FN2O5S. The van der Waals surface area contributed by atoms with Crippen molar-refractivity contribution in [2.75, 3.05) is 18.0 Å². The summed E-state index contributed by atoms with van der Waals surface area (Å²) < 4.78 is 53.8. The second kappa shape index (κ2) is 8.46. The maximum Gasteiger partial charge on any atom is 0.300 e. The van der Waals surface area contributed by atoms with Crippen molar-refractivity contribution in [2.45, 2.75) is 44.6 Å². The average Bonchev–Trinajstić information content (AvgIpc) is 3.12.